The van der Waals surface area contributed by atoms with E-state index in [-0.39, 0.29) is 5.41 Å². The highest BCUT2D eigenvalue weighted by Gasteiger charge is 2.27. The maximum Gasteiger partial charge on any atom is 0.135 e. The molecular formula is C20H22O. The Morgan fingerprint density at radius 1 is 1.00 bits per heavy atom. The van der Waals surface area contributed by atoms with Gasteiger partial charge in [-0.2, -0.15) is 0 Å². The van der Waals surface area contributed by atoms with Crippen molar-refractivity contribution < 1.29 is 4.42 Å². The van der Waals surface area contributed by atoms with Gasteiger partial charge in [0.2, 0.25) is 0 Å². The van der Waals surface area contributed by atoms with Gasteiger partial charge < -0.3 is 4.42 Å². The second kappa shape index (κ2) is 4.37. The molecule has 0 amide bonds. The van der Waals surface area contributed by atoms with Crippen molar-refractivity contribution in [2.24, 2.45) is 0 Å². The van der Waals surface area contributed by atoms with E-state index >= 15 is 0 Å². The van der Waals surface area contributed by atoms with Crippen LogP contribution in [0.2, 0.25) is 0 Å². The van der Waals surface area contributed by atoms with Gasteiger partial charge >= 0.3 is 0 Å². The van der Waals surface area contributed by atoms with Crippen LogP contribution in [0.15, 0.2) is 34.7 Å². The van der Waals surface area contributed by atoms with Gasteiger partial charge in [-0.25, -0.2) is 0 Å². The van der Waals surface area contributed by atoms with Crippen LogP contribution in [0.3, 0.4) is 0 Å². The molecule has 0 radical (unpaired) electrons. The molecule has 1 aliphatic rings. The second-order valence-corrected chi connectivity index (χ2v) is 7.31. The Bertz CT molecular complexity index is 830. The Kier molecular flexibility index (Phi) is 2.69. The lowest BCUT2D eigenvalue weighted by Gasteiger charge is -2.23. The van der Waals surface area contributed by atoms with E-state index in [1.54, 1.807) is 0 Å². The van der Waals surface area contributed by atoms with Crippen molar-refractivity contribution in [3.63, 3.8) is 0 Å². The minimum Gasteiger partial charge on any atom is -0.461 e. The summed E-state index contributed by atoms with van der Waals surface area (Å²) in [7, 11) is 0. The zero-order chi connectivity index (χ0) is 14.6. The van der Waals surface area contributed by atoms with Crippen molar-refractivity contribution in [1.29, 1.82) is 0 Å². The van der Waals surface area contributed by atoms with Gasteiger partial charge in [-0.05, 0) is 47.1 Å². The van der Waals surface area contributed by atoms with Gasteiger partial charge in [0.1, 0.15) is 11.3 Å². The smallest absolute Gasteiger partial charge is 0.135 e. The molecule has 21 heavy (non-hydrogen) atoms. The molecule has 0 aliphatic heterocycles. The van der Waals surface area contributed by atoms with E-state index in [1.165, 1.54) is 52.3 Å². The summed E-state index contributed by atoms with van der Waals surface area (Å²) in [5.74, 6) is 1.23. The van der Waals surface area contributed by atoms with Crippen LogP contribution in [0.25, 0.3) is 21.7 Å². The van der Waals surface area contributed by atoms with Gasteiger partial charge in [0, 0.05) is 17.4 Å². The third kappa shape index (κ3) is 1.91. The summed E-state index contributed by atoms with van der Waals surface area (Å²) in [6, 6.07) is 11.0. The lowest BCUT2D eigenvalue weighted by molar-refractivity contribution is 0.506. The van der Waals surface area contributed by atoms with Gasteiger partial charge in [-0.1, -0.05) is 45.0 Å². The molecule has 3 aromatic rings. The molecule has 0 unspecified atom stereocenters. The standard InChI is InChI=1S/C20H22O/c1-20(2,3)19-14-9-5-4-8-13(14)12-17-18(19)15-10-6-7-11-16(15)21-17/h4-5,8-9,12H,6-7,10-11H2,1-3H3. The monoisotopic (exact) mass is 278 g/mol. The van der Waals surface area contributed by atoms with Gasteiger partial charge in [0.15, 0.2) is 0 Å². The average molecular weight is 278 g/mol. The lowest BCUT2D eigenvalue weighted by atomic mass is 9.79. The van der Waals surface area contributed by atoms with Crippen molar-refractivity contribution in [3.05, 3.63) is 47.2 Å². The van der Waals surface area contributed by atoms with E-state index in [0.29, 0.717) is 0 Å². The third-order valence-corrected chi connectivity index (χ3v) is 4.72. The molecule has 1 heterocycles. The molecular weight excluding hydrogens is 256 g/mol. The van der Waals surface area contributed by atoms with Crippen LogP contribution in [0.1, 0.15) is 50.5 Å². The van der Waals surface area contributed by atoms with E-state index in [0.717, 1.165) is 12.0 Å². The molecule has 1 aliphatic carbocycles. The summed E-state index contributed by atoms with van der Waals surface area (Å²) in [6.45, 7) is 6.95. The minimum atomic E-state index is 0.119. The van der Waals surface area contributed by atoms with Crippen LogP contribution in [-0.4, -0.2) is 0 Å². The van der Waals surface area contributed by atoms with E-state index in [1.807, 2.05) is 0 Å². The molecule has 0 bridgehead atoms. The minimum absolute atomic E-state index is 0.119. The second-order valence-electron chi connectivity index (χ2n) is 7.31. The first kappa shape index (κ1) is 12.9. The Hall–Kier alpha value is -1.76. The largest absolute Gasteiger partial charge is 0.461 e. The number of aryl methyl sites for hydroxylation is 2. The molecule has 0 spiro atoms. The maximum absolute atomic E-state index is 6.23. The Labute approximate surface area is 126 Å². The van der Waals surface area contributed by atoms with Crippen LogP contribution in [0, 0.1) is 0 Å². The molecule has 4 rings (SSSR count). The normalized spacial score (nSPS) is 15.6. The third-order valence-electron chi connectivity index (χ3n) is 4.72. The van der Waals surface area contributed by atoms with Crippen LogP contribution in [-0.2, 0) is 18.3 Å². The highest BCUT2D eigenvalue weighted by Crippen LogP contribution is 2.42. The fourth-order valence-corrected chi connectivity index (χ4v) is 3.87. The Morgan fingerprint density at radius 3 is 2.57 bits per heavy atom. The molecule has 0 atom stereocenters. The van der Waals surface area contributed by atoms with Crippen molar-refractivity contribution in [3.8, 4) is 0 Å². The van der Waals surface area contributed by atoms with Gasteiger partial charge in [0.25, 0.3) is 0 Å². The molecule has 1 aromatic heterocycles. The molecule has 1 nitrogen and oxygen atoms in total. The van der Waals surface area contributed by atoms with Gasteiger partial charge in [-0.3, -0.25) is 0 Å². The summed E-state index contributed by atoms with van der Waals surface area (Å²) in [5, 5.41) is 4.07. The van der Waals surface area contributed by atoms with Crippen LogP contribution >= 0.6 is 0 Å². The first-order valence-electron chi connectivity index (χ1n) is 8.02. The molecule has 0 saturated heterocycles. The number of furan rings is 1. The van der Waals surface area contributed by atoms with Crippen LogP contribution in [0.5, 0.6) is 0 Å². The predicted octanol–water partition coefficient (Wildman–Crippen LogP) is 5.76. The molecule has 2 aromatic carbocycles. The summed E-state index contributed by atoms with van der Waals surface area (Å²) in [5.41, 5.74) is 4.15. The van der Waals surface area contributed by atoms with Crippen LogP contribution < -0.4 is 0 Å². The summed E-state index contributed by atoms with van der Waals surface area (Å²) < 4.78 is 6.23. The highest BCUT2D eigenvalue weighted by atomic mass is 16.3. The first-order valence-corrected chi connectivity index (χ1v) is 8.02. The van der Waals surface area contributed by atoms with Crippen molar-refractivity contribution in [2.45, 2.75) is 51.9 Å². The molecule has 0 saturated carbocycles. The fourth-order valence-electron chi connectivity index (χ4n) is 3.87. The number of benzene rings is 2. The fraction of sp³-hybridized carbons (Fsp3) is 0.400. The maximum atomic E-state index is 6.23. The molecule has 108 valence electrons. The number of hydrogen-bond donors (Lipinski definition) is 0. The Morgan fingerprint density at radius 2 is 1.76 bits per heavy atom. The van der Waals surface area contributed by atoms with E-state index in [9.17, 15) is 0 Å². The van der Waals surface area contributed by atoms with Crippen molar-refractivity contribution >= 4 is 21.7 Å². The average Bonchev–Trinajstić information content (AvgIpc) is 2.81. The number of fused-ring (bicyclic) bond motifs is 4. The first-order chi connectivity index (χ1) is 10.1. The van der Waals surface area contributed by atoms with E-state index in [4.69, 9.17) is 4.42 Å². The van der Waals surface area contributed by atoms with E-state index < -0.39 is 0 Å². The number of rotatable bonds is 0. The summed E-state index contributed by atoms with van der Waals surface area (Å²) >= 11 is 0. The summed E-state index contributed by atoms with van der Waals surface area (Å²) in [6.07, 6.45) is 4.82. The van der Waals surface area contributed by atoms with Gasteiger partial charge in [-0.15, -0.1) is 0 Å². The highest BCUT2D eigenvalue weighted by molar-refractivity contribution is 6.03. The zero-order valence-corrected chi connectivity index (χ0v) is 13.1. The molecule has 0 fully saturated rings. The van der Waals surface area contributed by atoms with Crippen molar-refractivity contribution in [2.75, 3.05) is 0 Å². The predicted molar refractivity (Wildman–Crippen MR) is 89.1 cm³/mol. The summed E-state index contributed by atoms with van der Waals surface area (Å²) in [4.78, 5) is 0. The van der Waals surface area contributed by atoms with Gasteiger partial charge in [0.05, 0.1) is 0 Å². The van der Waals surface area contributed by atoms with E-state index in [2.05, 4.69) is 51.1 Å². The SMILES string of the molecule is CC(C)(C)c1c2ccccc2cc2oc3c(c12)CCCC3. The number of hydrogen-bond acceptors (Lipinski definition) is 1. The topological polar surface area (TPSA) is 13.1 Å². The van der Waals surface area contributed by atoms with Crippen LogP contribution in [0.4, 0.5) is 0 Å². The molecule has 0 N–H and O–H groups in total. The molecule has 1 heteroatoms. The zero-order valence-electron chi connectivity index (χ0n) is 13.1. The van der Waals surface area contributed by atoms with Crippen molar-refractivity contribution in [1.82, 2.24) is 0 Å². The Balaban J connectivity index is 2.22. The quantitative estimate of drug-likeness (QED) is 0.509. The lowest BCUT2D eigenvalue weighted by Crippen LogP contribution is -2.13.